The summed E-state index contributed by atoms with van der Waals surface area (Å²) in [5.41, 5.74) is 1.55. The van der Waals surface area contributed by atoms with Crippen molar-refractivity contribution in [1.29, 1.82) is 0 Å². The summed E-state index contributed by atoms with van der Waals surface area (Å²) in [6.45, 7) is 5.98. The number of hydrogen-bond acceptors (Lipinski definition) is 0. The van der Waals surface area contributed by atoms with E-state index in [4.69, 9.17) is 11.6 Å². The SMILES string of the molecule is Cc1ccc(C(Cl)CC(C)C)cc1F. The van der Waals surface area contributed by atoms with E-state index in [9.17, 15) is 4.39 Å². The third-order valence-corrected chi connectivity index (χ3v) is 2.67. The number of aryl methyl sites for hydroxylation is 1. The Bertz CT molecular complexity index is 307. The summed E-state index contributed by atoms with van der Waals surface area (Å²) in [6.07, 6.45) is 0.879. The molecular weight excluding hydrogens is 199 g/mol. The van der Waals surface area contributed by atoms with Gasteiger partial charge in [0.1, 0.15) is 5.82 Å². The normalized spacial score (nSPS) is 13.3. The summed E-state index contributed by atoms with van der Waals surface area (Å²) in [5, 5.41) is -0.0786. The Morgan fingerprint density at radius 3 is 2.50 bits per heavy atom. The van der Waals surface area contributed by atoms with Crippen molar-refractivity contribution in [3.8, 4) is 0 Å². The lowest BCUT2D eigenvalue weighted by Crippen LogP contribution is -1.97. The predicted molar refractivity (Wildman–Crippen MR) is 59.2 cm³/mol. The van der Waals surface area contributed by atoms with Crippen molar-refractivity contribution in [2.45, 2.75) is 32.6 Å². The summed E-state index contributed by atoms with van der Waals surface area (Å²) in [6, 6.07) is 5.22. The van der Waals surface area contributed by atoms with Gasteiger partial charge in [-0.15, -0.1) is 11.6 Å². The van der Waals surface area contributed by atoms with Crippen molar-refractivity contribution in [2.24, 2.45) is 5.92 Å². The minimum absolute atomic E-state index is 0.0786. The van der Waals surface area contributed by atoms with Crippen LogP contribution in [-0.2, 0) is 0 Å². The molecular formula is C12H16ClF. The molecule has 0 bridgehead atoms. The van der Waals surface area contributed by atoms with E-state index >= 15 is 0 Å². The lowest BCUT2D eigenvalue weighted by atomic mass is 10.0. The average Bonchev–Trinajstić information content (AvgIpc) is 2.08. The van der Waals surface area contributed by atoms with E-state index in [0.29, 0.717) is 11.5 Å². The molecule has 1 aromatic carbocycles. The van der Waals surface area contributed by atoms with Crippen LogP contribution in [0.3, 0.4) is 0 Å². The Hall–Kier alpha value is -0.560. The minimum Gasteiger partial charge on any atom is -0.207 e. The lowest BCUT2D eigenvalue weighted by Gasteiger charge is -2.12. The van der Waals surface area contributed by atoms with Gasteiger partial charge < -0.3 is 0 Å². The molecule has 0 amide bonds. The first-order valence-electron chi connectivity index (χ1n) is 4.91. The van der Waals surface area contributed by atoms with Gasteiger partial charge in [0.15, 0.2) is 0 Å². The van der Waals surface area contributed by atoms with Gasteiger partial charge in [-0.1, -0.05) is 26.0 Å². The van der Waals surface area contributed by atoms with Gasteiger partial charge in [0.2, 0.25) is 0 Å². The lowest BCUT2D eigenvalue weighted by molar-refractivity contribution is 0.569. The maximum atomic E-state index is 13.2. The molecule has 0 fully saturated rings. The molecule has 2 heteroatoms. The molecule has 0 aliphatic heterocycles. The first-order chi connectivity index (χ1) is 6.50. The Morgan fingerprint density at radius 1 is 1.36 bits per heavy atom. The van der Waals surface area contributed by atoms with Crippen LogP contribution in [0.5, 0.6) is 0 Å². The summed E-state index contributed by atoms with van der Waals surface area (Å²) in [4.78, 5) is 0. The number of benzene rings is 1. The van der Waals surface area contributed by atoms with Crippen LogP contribution in [-0.4, -0.2) is 0 Å². The van der Waals surface area contributed by atoms with Crippen LogP contribution in [0.2, 0.25) is 0 Å². The van der Waals surface area contributed by atoms with Crippen molar-refractivity contribution in [2.75, 3.05) is 0 Å². The Balaban J connectivity index is 2.80. The van der Waals surface area contributed by atoms with E-state index in [2.05, 4.69) is 13.8 Å². The monoisotopic (exact) mass is 214 g/mol. The number of alkyl halides is 1. The van der Waals surface area contributed by atoms with Crippen LogP contribution in [0, 0.1) is 18.7 Å². The molecule has 0 radical (unpaired) electrons. The molecule has 1 aromatic rings. The fraction of sp³-hybridized carbons (Fsp3) is 0.500. The van der Waals surface area contributed by atoms with Crippen LogP contribution in [0.1, 0.15) is 36.8 Å². The van der Waals surface area contributed by atoms with Crippen molar-refractivity contribution >= 4 is 11.6 Å². The standard InChI is InChI=1S/C12H16ClF/c1-8(2)6-11(13)10-5-4-9(3)12(14)7-10/h4-5,7-8,11H,6H2,1-3H3. The second kappa shape index (κ2) is 4.79. The second-order valence-corrected chi connectivity index (χ2v) is 4.63. The predicted octanol–water partition coefficient (Wildman–Crippen LogP) is 4.46. The van der Waals surface area contributed by atoms with Crippen LogP contribution in [0.4, 0.5) is 4.39 Å². The maximum absolute atomic E-state index is 13.2. The van der Waals surface area contributed by atoms with Gasteiger partial charge in [0.05, 0.1) is 5.38 Å². The van der Waals surface area contributed by atoms with E-state index in [1.54, 1.807) is 13.0 Å². The van der Waals surface area contributed by atoms with Gasteiger partial charge in [-0.2, -0.15) is 0 Å². The van der Waals surface area contributed by atoms with Gasteiger partial charge in [-0.05, 0) is 36.5 Å². The van der Waals surface area contributed by atoms with Gasteiger partial charge in [0.25, 0.3) is 0 Å². The first-order valence-corrected chi connectivity index (χ1v) is 5.34. The van der Waals surface area contributed by atoms with Crippen molar-refractivity contribution < 1.29 is 4.39 Å². The zero-order valence-electron chi connectivity index (χ0n) is 8.85. The van der Waals surface area contributed by atoms with Crippen molar-refractivity contribution in [1.82, 2.24) is 0 Å². The van der Waals surface area contributed by atoms with Crippen LogP contribution >= 0.6 is 11.6 Å². The van der Waals surface area contributed by atoms with Crippen LogP contribution in [0.15, 0.2) is 18.2 Å². The Labute approximate surface area is 90.1 Å². The van der Waals surface area contributed by atoms with E-state index in [-0.39, 0.29) is 11.2 Å². The van der Waals surface area contributed by atoms with Crippen LogP contribution in [0.25, 0.3) is 0 Å². The van der Waals surface area contributed by atoms with Gasteiger partial charge in [-0.3, -0.25) is 0 Å². The van der Waals surface area contributed by atoms with E-state index in [1.807, 2.05) is 6.07 Å². The summed E-state index contributed by atoms with van der Waals surface area (Å²) < 4.78 is 13.2. The highest BCUT2D eigenvalue weighted by Gasteiger charge is 2.11. The van der Waals surface area contributed by atoms with E-state index < -0.39 is 0 Å². The zero-order valence-corrected chi connectivity index (χ0v) is 9.61. The molecule has 1 atom stereocenters. The van der Waals surface area contributed by atoms with Crippen LogP contribution < -0.4 is 0 Å². The molecule has 78 valence electrons. The summed E-state index contributed by atoms with van der Waals surface area (Å²) in [7, 11) is 0. The molecule has 1 unspecified atom stereocenters. The molecule has 14 heavy (non-hydrogen) atoms. The van der Waals surface area contributed by atoms with E-state index in [1.165, 1.54) is 6.07 Å². The smallest absolute Gasteiger partial charge is 0.126 e. The average molecular weight is 215 g/mol. The zero-order chi connectivity index (χ0) is 10.7. The molecule has 0 aliphatic carbocycles. The molecule has 0 aromatic heterocycles. The van der Waals surface area contributed by atoms with Gasteiger partial charge >= 0.3 is 0 Å². The maximum Gasteiger partial charge on any atom is 0.126 e. The number of halogens is 2. The topological polar surface area (TPSA) is 0 Å². The Morgan fingerprint density at radius 2 is 2.00 bits per heavy atom. The molecule has 1 rings (SSSR count). The molecule has 0 heterocycles. The third-order valence-electron chi connectivity index (χ3n) is 2.24. The largest absolute Gasteiger partial charge is 0.207 e. The summed E-state index contributed by atoms with van der Waals surface area (Å²) in [5.74, 6) is 0.360. The quantitative estimate of drug-likeness (QED) is 0.652. The number of rotatable bonds is 3. The minimum atomic E-state index is -0.170. The third kappa shape index (κ3) is 2.98. The molecule has 0 saturated heterocycles. The molecule has 0 spiro atoms. The van der Waals surface area contributed by atoms with Crippen molar-refractivity contribution in [3.63, 3.8) is 0 Å². The first kappa shape index (κ1) is 11.5. The highest BCUT2D eigenvalue weighted by molar-refractivity contribution is 6.20. The van der Waals surface area contributed by atoms with Gasteiger partial charge in [-0.25, -0.2) is 4.39 Å². The molecule has 0 aliphatic rings. The Kier molecular flexibility index (Phi) is 3.94. The highest BCUT2D eigenvalue weighted by atomic mass is 35.5. The fourth-order valence-electron chi connectivity index (χ4n) is 1.35. The van der Waals surface area contributed by atoms with Crippen molar-refractivity contribution in [3.05, 3.63) is 35.1 Å². The van der Waals surface area contributed by atoms with Gasteiger partial charge in [0, 0.05) is 0 Å². The molecule has 0 N–H and O–H groups in total. The number of hydrogen-bond donors (Lipinski definition) is 0. The van der Waals surface area contributed by atoms with E-state index in [0.717, 1.165) is 12.0 Å². The highest BCUT2D eigenvalue weighted by Crippen LogP contribution is 2.28. The molecule has 0 nitrogen and oxygen atoms in total. The fourth-order valence-corrected chi connectivity index (χ4v) is 1.85. The second-order valence-electron chi connectivity index (χ2n) is 4.11. The molecule has 0 saturated carbocycles. The summed E-state index contributed by atoms with van der Waals surface area (Å²) >= 11 is 6.16.